The lowest BCUT2D eigenvalue weighted by Crippen LogP contribution is -2.28. The first-order chi connectivity index (χ1) is 9.97. The van der Waals surface area contributed by atoms with Crippen molar-refractivity contribution in [1.29, 1.82) is 0 Å². The Bertz CT molecular complexity index is 818. The number of nitrogens with zero attached hydrogens (tertiary/aromatic N) is 1. The van der Waals surface area contributed by atoms with Crippen molar-refractivity contribution in [3.63, 3.8) is 0 Å². The van der Waals surface area contributed by atoms with Gasteiger partial charge in [-0.15, -0.1) is 0 Å². The number of carbonyl (C=O) groups is 1. The second-order valence-electron chi connectivity index (χ2n) is 5.11. The Morgan fingerprint density at radius 2 is 1.91 bits per heavy atom. The van der Waals surface area contributed by atoms with E-state index in [-0.39, 0.29) is 24.3 Å². The molecule has 9 nitrogen and oxygen atoms in total. The maximum atomic E-state index is 12.0. The summed E-state index contributed by atoms with van der Waals surface area (Å²) >= 11 is 0. The quantitative estimate of drug-likeness (QED) is 0.471. The monoisotopic (exact) mass is 349 g/mol. The first-order valence-corrected chi connectivity index (χ1v) is 9.31. The summed E-state index contributed by atoms with van der Waals surface area (Å²) < 4.78 is 54.3. The number of rotatable bonds is 4. The predicted molar refractivity (Wildman–Crippen MR) is 79.1 cm³/mol. The molecular formula is C11H15N3O6S2. The lowest BCUT2D eigenvalue weighted by molar-refractivity contribution is -0.117. The van der Waals surface area contributed by atoms with Crippen molar-refractivity contribution in [3.8, 4) is 0 Å². The molecular weight excluding hydrogens is 334 g/mol. The highest BCUT2D eigenvalue weighted by Crippen LogP contribution is 2.32. The van der Waals surface area contributed by atoms with Gasteiger partial charge in [0.2, 0.25) is 15.9 Å². The zero-order valence-corrected chi connectivity index (χ0v) is 13.0. The van der Waals surface area contributed by atoms with Crippen LogP contribution in [0.1, 0.15) is 6.42 Å². The summed E-state index contributed by atoms with van der Waals surface area (Å²) in [4.78, 5) is 12.7. The fraction of sp³-hybridized carbons (Fsp3) is 0.364. The van der Waals surface area contributed by atoms with Crippen molar-refractivity contribution in [2.45, 2.75) is 11.3 Å². The van der Waals surface area contributed by atoms with E-state index in [1.807, 2.05) is 0 Å². The van der Waals surface area contributed by atoms with E-state index >= 15 is 0 Å². The van der Waals surface area contributed by atoms with Crippen LogP contribution >= 0.6 is 0 Å². The number of benzene rings is 1. The Morgan fingerprint density at radius 1 is 1.27 bits per heavy atom. The summed E-state index contributed by atoms with van der Waals surface area (Å²) in [6, 6.07) is 3.59. The number of nitrogen functional groups attached to an aromatic ring is 1. The molecule has 22 heavy (non-hydrogen) atoms. The van der Waals surface area contributed by atoms with E-state index < -0.39 is 42.6 Å². The van der Waals surface area contributed by atoms with Gasteiger partial charge in [-0.05, 0) is 18.2 Å². The molecule has 0 aromatic heterocycles. The normalized spacial score (nSPS) is 19.6. The molecule has 1 unspecified atom stereocenters. The maximum Gasteiger partial charge on any atom is 0.296 e. The third-order valence-electron chi connectivity index (χ3n) is 3.22. The molecule has 0 saturated carbocycles. The summed E-state index contributed by atoms with van der Waals surface area (Å²) in [6.45, 7) is -0.0266. The number of amides is 1. The van der Waals surface area contributed by atoms with Crippen molar-refractivity contribution in [3.05, 3.63) is 18.2 Å². The lowest BCUT2D eigenvalue weighted by atomic mass is 10.1. The van der Waals surface area contributed by atoms with E-state index in [9.17, 15) is 26.2 Å². The average Bonchev–Trinajstić information content (AvgIpc) is 2.65. The molecule has 1 fully saturated rings. The molecule has 0 radical (unpaired) electrons. The molecule has 122 valence electrons. The molecule has 1 aliphatic heterocycles. The van der Waals surface area contributed by atoms with Gasteiger partial charge in [-0.25, -0.2) is 13.6 Å². The summed E-state index contributed by atoms with van der Waals surface area (Å²) in [6.07, 6.45) is -0.0872. The zero-order valence-electron chi connectivity index (χ0n) is 11.3. The van der Waals surface area contributed by atoms with E-state index in [1.54, 1.807) is 0 Å². The van der Waals surface area contributed by atoms with E-state index in [0.29, 0.717) is 0 Å². The summed E-state index contributed by atoms with van der Waals surface area (Å²) in [5.74, 6) is -1.42. The topological polar surface area (TPSA) is 161 Å². The van der Waals surface area contributed by atoms with Crippen molar-refractivity contribution >= 4 is 37.4 Å². The van der Waals surface area contributed by atoms with Gasteiger partial charge in [0.1, 0.15) is 4.90 Å². The van der Waals surface area contributed by atoms with Crippen molar-refractivity contribution in [2.75, 3.05) is 22.9 Å². The van der Waals surface area contributed by atoms with Crippen LogP contribution < -0.4 is 15.8 Å². The molecule has 5 N–H and O–H groups in total. The second-order valence-corrected chi connectivity index (χ2v) is 8.16. The number of nitrogens with two attached hydrogens (primary N) is 2. The highest BCUT2D eigenvalue weighted by atomic mass is 32.2. The van der Waals surface area contributed by atoms with Gasteiger partial charge in [0.25, 0.3) is 10.1 Å². The van der Waals surface area contributed by atoms with Crippen LogP contribution in [0.5, 0.6) is 0 Å². The fourth-order valence-electron chi connectivity index (χ4n) is 2.42. The molecule has 1 aromatic carbocycles. The number of hydrogen-bond acceptors (Lipinski definition) is 6. The van der Waals surface area contributed by atoms with Crippen LogP contribution in [-0.2, 0) is 24.9 Å². The first kappa shape index (κ1) is 16.7. The molecule has 1 heterocycles. The highest BCUT2D eigenvalue weighted by Gasteiger charge is 2.35. The van der Waals surface area contributed by atoms with Gasteiger partial charge < -0.3 is 10.6 Å². The van der Waals surface area contributed by atoms with Crippen LogP contribution in [0, 0.1) is 5.92 Å². The van der Waals surface area contributed by atoms with Crippen LogP contribution in [0.3, 0.4) is 0 Å². The predicted octanol–water partition coefficient (Wildman–Crippen LogP) is -0.843. The van der Waals surface area contributed by atoms with E-state index in [4.69, 9.17) is 10.9 Å². The number of sulfonamides is 1. The smallest absolute Gasteiger partial charge is 0.296 e. The third-order valence-corrected chi connectivity index (χ3v) is 5.06. The van der Waals surface area contributed by atoms with Crippen LogP contribution in [0.4, 0.5) is 11.4 Å². The summed E-state index contributed by atoms with van der Waals surface area (Å²) in [7, 11) is -8.31. The first-order valence-electron chi connectivity index (χ1n) is 6.15. The Labute approximate surface area is 127 Å². The number of carbonyl (C=O) groups excluding carboxylic acids is 1. The Balaban J connectivity index is 2.41. The minimum absolute atomic E-state index is 0.0266. The molecule has 0 spiro atoms. The lowest BCUT2D eigenvalue weighted by Gasteiger charge is -2.19. The van der Waals surface area contributed by atoms with Gasteiger partial charge in [-0.2, -0.15) is 8.42 Å². The minimum Gasteiger partial charge on any atom is -0.399 e. The van der Waals surface area contributed by atoms with Crippen LogP contribution in [0.2, 0.25) is 0 Å². The molecule has 2 rings (SSSR count). The van der Waals surface area contributed by atoms with Gasteiger partial charge in [-0.1, -0.05) is 0 Å². The van der Waals surface area contributed by atoms with E-state index in [1.165, 1.54) is 12.1 Å². The number of hydrogen-bond donors (Lipinski definition) is 3. The van der Waals surface area contributed by atoms with E-state index in [0.717, 1.165) is 11.0 Å². The van der Waals surface area contributed by atoms with Crippen LogP contribution in [0.25, 0.3) is 0 Å². The molecule has 1 amide bonds. The largest absolute Gasteiger partial charge is 0.399 e. The van der Waals surface area contributed by atoms with Gasteiger partial charge in [0.05, 0.1) is 11.4 Å². The van der Waals surface area contributed by atoms with Crippen LogP contribution in [0.15, 0.2) is 23.1 Å². The van der Waals surface area contributed by atoms with Gasteiger partial charge >= 0.3 is 0 Å². The fourth-order valence-corrected chi connectivity index (χ4v) is 3.97. The number of primary sulfonamides is 1. The summed E-state index contributed by atoms with van der Waals surface area (Å²) in [5, 5.41) is 4.95. The molecule has 1 saturated heterocycles. The highest BCUT2D eigenvalue weighted by molar-refractivity contribution is 7.89. The number of anilines is 2. The summed E-state index contributed by atoms with van der Waals surface area (Å²) in [5.41, 5.74) is 5.71. The van der Waals surface area contributed by atoms with Gasteiger partial charge in [0, 0.05) is 24.6 Å². The van der Waals surface area contributed by atoms with Crippen LogP contribution in [-0.4, -0.2) is 39.6 Å². The van der Waals surface area contributed by atoms with E-state index in [2.05, 4.69) is 0 Å². The third kappa shape index (κ3) is 3.74. The van der Waals surface area contributed by atoms with Crippen molar-refractivity contribution in [1.82, 2.24) is 0 Å². The average molecular weight is 349 g/mol. The Morgan fingerprint density at radius 3 is 2.45 bits per heavy atom. The SMILES string of the molecule is Nc1ccc(S(=O)(=O)O)c(N2CC(CS(N)(=O)=O)CC2=O)c1. The van der Waals surface area contributed by atoms with Gasteiger partial charge in [-0.3, -0.25) is 9.35 Å². The molecule has 1 atom stereocenters. The standard InChI is InChI=1S/C11H15N3O6S2/c12-8-1-2-10(22(18,19)20)9(4-8)14-5-7(3-11(14)15)6-21(13,16)17/h1-2,4,7H,3,5-6,12H2,(H2,13,16,17)(H,18,19,20). The molecule has 1 aliphatic rings. The maximum absolute atomic E-state index is 12.0. The van der Waals surface area contributed by atoms with Gasteiger partial charge in [0.15, 0.2) is 0 Å². The zero-order chi connectivity index (χ0) is 16.7. The molecule has 1 aromatic rings. The minimum atomic E-state index is -4.56. The molecule has 0 aliphatic carbocycles. The Hall–Kier alpha value is -1.69. The molecule has 11 heteroatoms. The Kier molecular flexibility index (Phi) is 4.17. The second kappa shape index (κ2) is 5.50. The van der Waals surface area contributed by atoms with Crippen molar-refractivity contribution < 1.29 is 26.2 Å². The van der Waals surface area contributed by atoms with Crippen molar-refractivity contribution in [2.24, 2.45) is 11.1 Å². The molecule has 0 bridgehead atoms.